The van der Waals surface area contributed by atoms with Gasteiger partial charge in [0, 0.05) is 5.54 Å². The van der Waals surface area contributed by atoms with E-state index in [9.17, 15) is 0 Å². The van der Waals surface area contributed by atoms with Crippen LogP contribution in [0.1, 0.15) is 47.5 Å². The average Bonchev–Trinajstić information content (AvgIpc) is 2.36. The summed E-state index contributed by atoms with van der Waals surface area (Å²) in [6.07, 6.45) is 2.41. The van der Waals surface area contributed by atoms with Crippen molar-refractivity contribution in [1.29, 1.82) is 0 Å². The highest BCUT2D eigenvalue weighted by Gasteiger charge is 2.53. The van der Waals surface area contributed by atoms with Gasteiger partial charge in [-0.3, -0.25) is 0 Å². The fourth-order valence-corrected chi connectivity index (χ4v) is 2.44. The van der Waals surface area contributed by atoms with Crippen LogP contribution >= 0.6 is 0 Å². The SMILES string of the molecule is CC(C)C1CC1(N)CC(C)(C)C. The fraction of sp³-hybridized carbons (Fsp3) is 1.00. The van der Waals surface area contributed by atoms with Gasteiger partial charge in [0.05, 0.1) is 0 Å². The smallest absolute Gasteiger partial charge is 0.0194 e. The normalized spacial score (nSPS) is 35.8. The molecule has 0 heterocycles. The topological polar surface area (TPSA) is 26.0 Å². The van der Waals surface area contributed by atoms with E-state index in [0.29, 0.717) is 5.41 Å². The van der Waals surface area contributed by atoms with Gasteiger partial charge in [-0.15, -0.1) is 0 Å². The van der Waals surface area contributed by atoms with Crippen molar-refractivity contribution in [3.8, 4) is 0 Å². The van der Waals surface area contributed by atoms with Crippen LogP contribution in [0.5, 0.6) is 0 Å². The van der Waals surface area contributed by atoms with Gasteiger partial charge in [-0.2, -0.15) is 0 Å². The van der Waals surface area contributed by atoms with E-state index in [4.69, 9.17) is 5.73 Å². The first kappa shape index (κ1) is 10.0. The van der Waals surface area contributed by atoms with E-state index in [2.05, 4.69) is 34.6 Å². The second-order valence-corrected chi connectivity index (χ2v) is 6.03. The molecule has 1 heteroatoms. The molecule has 0 spiro atoms. The largest absolute Gasteiger partial charge is 0.325 e. The summed E-state index contributed by atoms with van der Waals surface area (Å²) in [5, 5.41) is 0. The molecule has 0 aliphatic heterocycles. The van der Waals surface area contributed by atoms with E-state index in [1.807, 2.05) is 0 Å². The van der Waals surface area contributed by atoms with Crippen LogP contribution in [0.25, 0.3) is 0 Å². The summed E-state index contributed by atoms with van der Waals surface area (Å²) in [6.45, 7) is 11.4. The lowest BCUT2D eigenvalue weighted by atomic mass is 9.85. The number of rotatable bonds is 2. The van der Waals surface area contributed by atoms with E-state index < -0.39 is 0 Å². The minimum Gasteiger partial charge on any atom is -0.325 e. The lowest BCUT2D eigenvalue weighted by Gasteiger charge is -2.24. The molecule has 0 saturated heterocycles. The number of hydrogen-bond acceptors (Lipinski definition) is 1. The van der Waals surface area contributed by atoms with Crippen molar-refractivity contribution in [1.82, 2.24) is 0 Å². The van der Waals surface area contributed by atoms with Crippen molar-refractivity contribution in [3.05, 3.63) is 0 Å². The van der Waals surface area contributed by atoms with Gasteiger partial charge in [-0.1, -0.05) is 34.6 Å². The minimum absolute atomic E-state index is 0.173. The molecule has 1 saturated carbocycles. The van der Waals surface area contributed by atoms with Crippen LogP contribution < -0.4 is 5.73 Å². The summed E-state index contributed by atoms with van der Waals surface area (Å²) in [5.74, 6) is 1.54. The first-order chi connectivity index (χ1) is 5.25. The van der Waals surface area contributed by atoms with Crippen molar-refractivity contribution in [2.24, 2.45) is 23.0 Å². The maximum Gasteiger partial charge on any atom is 0.0194 e. The Bertz CT molecular complexity index is 166. The van der Waals surface area contributed by atoms with Crippen molar-refractivity contribution in [2.75, 3.05) is 0 Å². The van der Waals surface area contributed by atoms with Gasteiger partial charge in [-0.25, -0.2) is 0 Å². The fourth-order valence-electron chi connectivity index (χ4n) is 2.44. The van der Waals surface area contributed by atoms with Crippen LogP contribution in [-0.2, 0) is 0 Å². The molecule has 2 N–H and O–H groups in total. The van der Waals surface area contributed by atoms with Gasteiger partial charge in [0.2, 0.25) is 0 Å². The summed E-state index contributed by atoms with van der Waals surface area (Å²) in [6, 6.07) is 0. The molecule has 0 amide bonds. The zero-order valence-electron chi connectivity index (χ0n) is 9.15. The van der Waals surface area contributed by atoms with Crippen LogP contribution in [0.15, 0.2) is 0 Å². The molecule has 12 heavy (non-hydrogen) atoms. The molecule has 1 nitrogen and oxygen atoms in total. The molecule has 1 rings (SSSR count). The minimum atomic E-state index is 0.173. The van der Waals surface area contributed by atoms with Gasteiger partial charge < -0.3 is 5.73 Å². The maximum absolute atomic E-state index is 6.28. The Morgan fingerprint density at radius 3 is 2.17 bits per heavy atom. The molecule has 0 aromatic heterocycles. The Morgan fingerprint density at radius 1 is 1.42 bits per heavy atom. The van der Waals surface area contributed by atoms with Crippen molar-refractivity contribution < 1.29 is 0 Å². The summed E-state index contributed by atoms with van der Waals surface area (Å²) < 4.78 is 0. The zero-order chi connectivity index (χ0) is 9.57. The molecule has 0 bridgehead atoms. The standard InChI is InChI=1S/C11H23N/c1-8(2)9-6-11(9,12)7-10(3,4)5/h8-9H,6-7,12H2,1-5H3. The quantitative estimate of drug-likeness (QED) is 0.676. The van der Waals surface area contributed by atoms with Gasteiger partial charge >= 0.3 is 0 Å². The predicted molar refractivity (Wildman–Crippen MR) is 53.9 cm³/mol. The highest BCUT2D eigenvalue weighted by atomic mass is 14.9. The maximum atomic E-state index is 6.28. The van der Waals surface area contributed by atoms with Crippen LogP contribution in [0, 0.1) is 17.3 Å². The Hall–Kier alpha value is -0.0400. The second-order valence-electron chi connectivity index (χ2n) is 6.03. The van der Waals surface area contributed by atoms with Crippen LogP contribution in [0.2, 0.25) is 0 Å². The first-order valence-corrected chi connectivity index (χ1v) is 5.03. The monoisotopic (exact) mass is 169 g/mol. The Kier molecular flexibility index (Phi) is 2.28. The van der Waals surface area contributed by atoms with Crippen molar-refractivity contribution >= 4 is 0 Å². The number of hydrogen-bond donors (Lipinski definition) is 1. The molecule has 0 aromatic rings. The zero-order valence-corrected chi connectivity index (χ0v) is 9.15. The predicted octanol–water partition coefficient (Wildman–Crippen LogP) is 2.80. The molecule has 0 aromatic carbocycles. The van der Waals surface area contributed by atoms with Crippen LogP contribution in [0.4, 0.5) is 0 Å². The Balaban J connectivity index is 2.46. The van der Waals surface area contributed by atoms with Gasteiger partial charge in [0.1, 0.15) is 0 Å². The molecule has 1 aliphatic carbocycles. The molecule has 2 unspecified atom stereocenters. The lowest BCUT2D eigenvalue weighted by molar-refractivity contribution is 0.305. The van der Waals surface area contributed by atoms with Crippen molar-refractivity contribution in [2.45, 2.75) is 53.0 Å². The Labute approximate surface area is 76.7 Å². The molecule has 1 fully saturated rings. The van der Waals surface area contributed by atoms with E-state index >= 15 is 0 Å². The summed E-state index contributed by atoms with van der Waals surface area (Å²) >= 11 is 0. The molecular weight excluding hydrogens is 146 g/mol. The second kappa shape index (κ2) is 2.73. The summed E-state index contributed by atoms with van der Waals surface area (Å²) in [7, 11) is 0. The van der Waals surface area contributed by atoms with Crippen LogP contribution in [-0.4, -0.2) is 5.54 Å². The third kappa shape index (κ3) is 2.22. The van der Waals surface area contributed by atoms with E-state index in [1.165, 1.54) is 12.8 Å². The average molecular weight is 169 g/mol. The molecule has 2 atom stereocenters. The summed E-state index contributed by atoms with van der Waals surface area (Å²) in [5.41, 5.74) is 6.84. The Morgan fingerprint density at radius 2 is 1.92 bits per heavy atom. The first-order valence-electron chi connectivity index (χ1n) is 5.03. The molecule has 1 aliphatic rings. The van der Waals surface area contributed by atoms with E-state index in [0.717, 1.165) is 11.8 Å². The molecule has 0 radical (unpaired) electrons. The highest BCUT2D eigenvalue weighted by Crippen LogP contribution is 2.51. The number of nitrogens with two attached hydrogens (primary N) is 1. The molecular formula is C11H23N. The van der Waals surface area contributed by atoms with E-state index in [1.54, 1.807) is 0 Å². The lowest BCUT2D eigenvalue weighted by Crippen LogP contribution is -2.31. The van der Waals surface area contributed by atoms with Gasteiger partial charge in [0.25, 0.3) is 0 Å². The third-order valence-corrected chi connectivity index (χ3v) is 2.84. The summed E-state index contributed by atoms with van der Waals surface area (Å²) in [4.78, 5) is 0. The molecule has 72 valence electrons. The third-order valence-electron chi connectivity index (χ3n) is 2.84. The van der Waals surface area contributed by atoms with Crippen molar-refractivity contribution in [3.63, 3.8) is 0 Å². The highest BCUT2D eigenvalue weighted by molar-refractivity contribution is 5.10. The van der Waals surface area contributed by atoms with Gasteiger partial charge in [0.15, 0.2) is 0 Å². The van der Waals surface area contributed by atoms with Gasteiger partial charge in [-0.05, 0) is 30.1 Å². The van der Waals surface area contributed by atoms with E-state index in [-0.39, 0.29) is 5.54 Å². The van der Waals surface area contributed by atoms with Crippen LogP contribution in [0.3, 0.4) is 0 Å².